The van der Waals surface area contributed by atoms with Crippen molar-refractivity contribution in [3.63, 3.8) is 0 Å². The molecule has 0 spiro atoms. The van der Waals surface area contributed by atoms with Gasteiger partial charge in [0.1, 0.15) is 6.04 Å². The van der Waals surface area contributed by atoms with Gasteiger partial charge >= 0.3 is 13.8 Å². The maximum absolute atomic E-state index is 9.98. The van der Waals surface area contributed by atoms with Crippen molar-refractivity contribution in [1.82, 2.24) is 0 Å². The normalized spacial score (nSPS) is 13.2. The Balaban J connectivity index is 0. The van der Waals surface area contributed by atoms with Gasteiger partial charge in [-0.3, -0.25) is 9.32 Å². The second-order valence-corrected chi connectivity index (χ2v) is 2.97. The zero-order chi connectivity index (χ0) is 9.07. The smallest absolute Gasteiger partial charge is 0.469 e. The second kappa shape index (κ2) is 5.20. The van der Waals surface area contributed by atoms with Crippen LogP contribution in [0.3, 0.4) is 0 Å². The van der Waals surface area contributed by atoms with Gasteiger partial charge in [0.15, 0.2) is 0 Å². The molecule has 0 aliphatic rings. The third kappa shape index (κ3) is 7.61. The van der Waals surface area contributed by atoms with Crippen LogP contribution in [0.15, 0.2) is 0 Å². The molecular formula is C3H10NO7P. The fraction of sp³-hybridized carbons (Fsp3) is 0.667. The van der Waals surface area contributed by atoms with E-state index in [1.165, 1.54) is 0 Å². The van der Waals surface area contributed by atoms with Gasteiger partial charge in [-0.2, -0.15) is 0 Å². The maximum atomic E-state index is 9.98. The summed E-state index contributed by atoms with van der Waals surface area (Å²) in [6, 6.07) is -1.41. The van der Waals surface area contributed by atoms with Crippen LogP contribution in [0.1, 0.15) is 0 Å². The highest BCUT2D eigenvalue weighted by Gasteiger charge is 2.19. The highest BCUT2D eigenvalue weighted by atomic mass is 31.2. The summed E-state index contributed by atoms with van der Waals surface area (Å²) in [6.07, 6.45) is 0. The molecule has 0 heterocycles. The molecule has 1 atom stereocenters. The minimum Gasteiger partial charge on any atom is -0.480 e. The lowest BCUT2D eigenvalue weighted by Crippen LogP contribution is -2.34. The van der Waals surface area contributed by atoms with Crippen molar-refractivity contribution < 1.29 is 34.3 Å². The van der Waals surface area contributed by atoms with Crippen LogP contribution in [0.25, 0.3) is 0 Å². The van der Waals surface area contributed by atoms with Gasteiger partial charge in [-0.05, 0) is 0 Å². The fourth-order valence-electron chi connectivity index (χ4n) is 0.249. The van der Waals surface area contributed by atoms with E-state index in [2.05, 4.69) is 4.52 Å². The van der Waals surface area contributed by atoms with Crippen molar-refractivity contribution in [2.75, 3.05) is 6.61 Å². The Morgan fingerprint density at radius 2 is 2.00 bits per heavy atom. The molecule has 7 N–H and O–H groups in total. The van der Waals surface area contributed by atoms with Crippen LogP contribution >= 0.6 is 7.82 Å². The molecule has 0 aromatic rings. The Kier molecular flexibility index (Phi) is 6.09. The molecule has 0 saturated carbocycles. The van der Waals surface area contributed by atoms with Gasteiger partial charge in [-0.15, -0.1) is 0 Å². The van der Waals surface area contributed by atoms with Crippen molar-refractivity contribution in [3.8, 4) is 0 Å². The van der Waals surface area contributed by atoms with E-state index in [1.807, 2.05) is 0 Å². The molecule has 0 fully saturated rings. The molecule has 0 aliphatic heterocycles. The summed E-state index contributed by atoms with van der Waals surface area (Å²) in [5.41, 5.74) is 4.86. The van der Waals surface area contributed by atoms with Crippen molar-refractivity contribution in [3.05, 3.63) is 0 Å². The van der Waals surface area contributed by atoms with Crippen LogP contribution in [0.2, 0.25) is 0 Å². The monoisotopic (exact) mass is 203 g/mol. The van der Waals surface area contributed by atoms with Crippen LogP contribution < -0.4 is 5.73 Å². The summed E-state index contributed by atoms with van der Waals surface area (Å²) in [4.78, 5) is 26.1. The summed E-state index contributed by atoms with van der Waals surface area (Å²) < 4.78 is 13.8. The average Bonchev–Trinajstić information content (AvgIpc) is 1.80. The molecule has 0 aromatic heterocycles. The van der Waals surface area contributed by atoms with Crippen molar-refractivity contribution in [2.45, 2.75) is 6.04 Å². The molecule has 8 nitrogen and oxygen atoms in total. The summed E-state index contributed by atoms with van der Waals surface area (Å²) in [5.74, 6) is -1.38. The first-order valence-corrected chi connectivity index (χ1v) is 4.04. The largest absolute Gasteiger partial charge is 0.480 e. The molecule has 0 bridgehead atoms. The maximum Gasteiger partial charge on any atom is 0.469 e. The Morgan fingerprint density at radius 1 is 1.58 bits per heavy atom. The number of nitrogens with two attached hydrogens (primary N) is 1. The number of phosphoric ester groups is 1. The summed E-state index contributed by atoms with van der Waals surface area (Å²) in [7, 11) is -4.60. The van der Waals surface area contributed by atoms with E-state index in [0.29, 0.717) is 0 Å². The molecule has 0 aromatic carbocycles. The second-order valence-electron chi connectivity index (χ2n) is 1.73. The Bertz CT molecular complexity index is 187. The fourth-order valence-corrected chi connectivity index (χ4v) is 0.603. The number of carbonyl (C=O) groups is 1. The highest BCUT2D eigenvalue weighted by Crippen LogP contribution is 2.35. The standard InChI is InChI=1S/C3H8NO6P.H2O/c4-2(3(5)6)1-10-11(7,8)9;/h2H,1,4H2,(H,5,6)(H2,7,8,9);1H2/t2-;/m1./s1. The molecule has 12 heavy (non-hydrogen) atoms. The molecule has 0 rings (SSSR count). The van der Waals surface area contributed by atoms with Crippen LogP contribution in [0.4, 0.5) is 0 Å². The lowest BCUT2D eigenvalue weighted by atomic mass is 10.3. The van der Waals surface area contributed by atoms with Crippen molar-refractivity contribution in [2.24, 2.45) is 5.73 Å². The van der Waals surface area contributed by atoms with Gasteiger partial charge in [0, 0.05) is 0 Å². The number of carboxylic acid groups (broad SMARTS) is 1. The minimum absolute atomic E-state index is 0. The first kappa shape index (κ1) is 14.0. The SMILES string of the molecule is N[C@H](COP(=O)(O)O)C(=O)O.O. The molecule has 0 aliphatic carbocycles. The van der Waals surface area contributed by atoms with Crippen LogP contribution in [0, 0.1) is 0 Å². The lowest BCUT2D eigenvalue weighted by molar-refractivity contribution is -0.139. The third-order valence-corrected chi connectivity index (χ3v) is 1.22. The zero-order valence-electron chi connectivity index (χ0n) is 5.88. The molecule has 0 amide bonds. The van der Waals surface area contributed by atoms with Crippen LogP contribution in [0.5, 0.6) is 0 Å². The van der Waals surface area contributed by atoms with Gasteiger partial charge in [0.05, 0.1) is 6.61 Å². The van der Waals surface area contributed by atoms with Crippen LogP contribution in [-0.4, -0.2) is 39.0 Å². The van der Waals surface area contributed by atoms with E-state index in [9.17, 15) is 9.36 Å². The van der Waals surface area contributed by atoms with Gasteiger partial charge in [0.25, 0.3) is 0 Å². The molecule has 74 valence electrons. The first-order chi connectivity index (χ1) is 4.83. The number of rotatable bonds is 4. The van der Waals surface area contributed by atoms with Crippen molar-refractivity contribution in [1.29, 1.82) is 0 Å². The molecule has 0 radical (unpaired) electrons. The van der Waals surface area contributed by atoms with Gasteiger partial charge in [0.2, 0.25) is 0 Å². The third-order valence-electron chi connectivity index (χ3n) is 0.739. The van der Waals surface area contributed by atoms with Gasteiger partial charge in [-0.25, -0.2) is 4.57 Å². The first-order valence-electron chi connectivity index (χ1n) is 2.51. The molecule has 0 unspecified atom stereocenters. The summed E-state index contributed by atoms with van der Waals surface area (Å²) in [6.45, 7) is -0.709. The molecule has 9 heteroatoms. The van der Waals surface area contributed by atoms with E-state index < -0.39 is 26.4 Å². The molecular weight excluding hydrogens is 193 g/mol. The van der Waals surface area contributed by atoms with E-state index >= 15 is 0 Å². The zero-order valence-corrected chi connectivity index (χ0v) is 6.77. The van der Waals surface area contributed by atoms with Gasteiger partial charge in [-0.1, -0.05) is 0 Å². The number of hydrogen-bond acceptors (Lipinski definition) is 4. The predicted molar refractivity (Wildman–Crippen MR) is 37.2 cm³/mol. The topological polar surface area (TPSA) is 162 Å². The van der Waals surface area contributed by atoms with Crippen molar-refractivity contribution >= 4 is 13.8 Å². The number of carboxylic acids is 1. The number of phosphoric acid groups is 1. The number of hydrogen-bond donors (Lipinski definition) is 4. The van der Waals surface area contributed by atoms with Gasteiger partial charge < -0.3 is 26.1 Å². The summed E-state index contributed by atoms with van der Waals surface area (Å²) >= 11 is 0. The average molecular weight is 203 g/mol. The van der Waals surface area contributed by atoms with E-state index in [1.54, 1.807) is 0 Å². The lowest BCUT2D eigenvalue weighted by Gasteiger charge is -2.07. The molecule has 0 saturated heterocycles. The summed E-state index contributed by atoms with van der Waals surface area (Å²) in [5, 5.41) is 8.12. The number of aliphatic carboxylic acids is 1. The Hall–Kier alpha value is -0.500. The quantitative estimate of drug-likeness (QED) is 0.372. The predicted octanol–water partition coefficient (Wildman–Crippen LogP) is -2.32. The van der Waals surface area contributed by atoms with E-state index in [4.69, 9.17) is 20.6 Å². The highest BCUT2D eigenvalue weighted by molar-refractivity contribution is 7.46. The Morgan fingerprint density at radius 3 is 2.25 bits per heavy atom. The van der Waals surface area contributed by atoms with E-state index in [0.717, 1.165) is 0 Å². The van der Waals surface area contributed by atoms with Crippen LogP contribution in [-0.2, 0) is 13.9 Å². The Labute approximate surface area is 67.5 Å². The van der Waals surface area contributed by atoms with E-state index in [-0.39, 0.29) is 5.48 Å². The minimum atomic E-state index is -4.60.